The van der Waals surface area contributed by atoms with Crippen LogP contribution in [0.4, 0.5) is 0 Å². The summed E-state index contributed by atoms with van der Waals surface area (Å²) < 4.78 is 5.45. The van der Waals surface area contributed by atoms with Crippen molar-refractivity contribution in [3.05, 3.63) is 29.5 Å². The van der Waals surface area contributed by atoms with Gasteiger partial charge in [-0.2, -0.15) is 0 Å². The predicted octanol–water partition coefficient (Wildman–Crippen LogP) is 2.97. The van der Waals surface area contributed by atoms with E-state index in [2.05, 4.69) is 10.3 Å². The highest BCUT2D eigenvalue weighted by molar-refractivity contribution is 7.13. The van der Waals surface area contributed by atoms with E-state index in [1.165, 1.54) is 19.3 Å². The highest BCUT2D eigenvalue weighted by Gasteiger charge is 2.24. The molecule has 124 valence electrons. The van der Waals surface area contributed by atoms with E-state index < -0.39 is 0 Å². The number of nitrogens with one attached hydrogen (secondary N) is 1. The second-order valence-electron chi connectivity index (χ2n) is 6.11. The highest BCUT2D eigenvalue weighted by atomic mass is 32.1. The molecule has 23 heavy (non-hydrogen) atoms. The summed E-state index contributed by atoms with van der Waals surface area (Å²) in [5.74, 6) is 1.05. The minimum Gasteiger partial charge on any atom is -0.444 e. The Hall–Kier alpha value is -1.66. The Labute approximate surface area is 140 Å². The summed E-state index contributed by atoms with van der Waals surface area (Å²) >= 11 is 1.57. The number of rotatable bonds is 6. The average molecular weight is 333 g/mol. The Morgan fingerprint density at radius 2 is 2.26 bits per heavy atom. The quantitative estimate of drug-likeness (QED) is 0.851. The fraction of sp³-hybridized carbons (Fsp3) is 0.529. The van der Waals surface area contributed by atoms with Crippen LogP contribution in [-0.2, 0) is 11.2 Å². The number of hydrogen-bond acceptors (Lipinski definition) is 5. The van der Waals surface area contributed by atoms with Crippen LogP contribution in [0.2, 0.25) is 0 Å². The van der Waals surface area contributed by atoms with Crippen LogP contribution in [0.25, 0.3) is 10.8 Å². The lowest BCUT2D eigenvalue weighted by molar-refractivity contribution is -0.121. The molecule has 1 aliphatic rings. The number of aromatic nitrogens is 1. The van der Waals surface area contributed by atoms with Crippen molar-refractivity contribution in [1.29, 1.82) is 0 Å². The molecule has 5 nitrogen and oxygen atoms in total. The van der Waals surface area contributed by atoms with Crippen LogP contribution < -0.4 is 11.1 Å². The molecule has 1 aliphatic carbocycles. The van der Waals surface area contributed by atoms with E-state index in [1.54, 1.807) is 17.6 Å². The highest BCUT2D eigenvalue weighted by Crippen LogP contribution is 2.26. The van der Waals surface area contributed by atoms with Crippen LogP contribution >= 0.6 is 11.3 Å². The first-order valence-corrected chi connectivity index (χ1v) is 9.12. The SMILES string of the molecule is NCC(NC(=O)Cc1coc(-c2cccs2)n1)C1CCCCC1. The maximum Gasteiger partial charge on any atom is 0.236 e. The summed E-state index contributed by atoms with van der Waals surface area (Å²) in [5.41, 5.74) is 6.52. The normalized spacial score (nSPS) is 17.1. The predicted molar refractivity (Wildman–Crippen MR) is 91.1 cm³/mol. The van der Waals surface area contributed by atoms with Crippen molar-refractivity contribution >= 4 is 17.2 Å². The fourth-order valence-electron chi connectivity index (χ4n) is 3.23. The third-order valence-corrected chi connectivity index (χ3v) is 5.30. The van der Waals surface area contributed by atoms with Gasteiger partial charge in [-0.05, 0) is 30.2 Å². The minimum absolute atomic E-state index is 0.0305. The van der Waals surface area contributed by atoms with Gasteiger partial charge in [0.25, 0.3) is 0 Å². The van der Waals surface area contributed by atoms with E-state index >= 15 is 0 Å². The third kappa shape index (κ3) is 4.20. The molecule has 0 saturated heterocycles. The molecule has 2 heterocycles. The Balaban J connectivity index is 1.56. The molecule has 0 aromatic carbocycles. The van der Waals surface area contributed by atoms with Crippen LogP contribution in [0.15, 0.2) is 28.2 Å². The van der Waals surface area contributed by atoms with Crippen molar-refractivity contribution in [2.45, 2.75) is 44.6 Å². The lowest BCUT2D eigenvalue weighted by atomic mass is 9.84. The molecule has 1 saturated carbocycles. The summed E-state index contributed by atoms with van der Waals surface area (Å²) in [7, 11) is 0. The maximum absolute atomic E-state index is 12.3. The summed E-state index contributed by atoms with van der Waals surface area (Å²) in [6.45, 7) is 0.496. The van der Waals surface area contributed by atoms with E-state index in [0.717, 1.165) is 17.7 Å². The zero-order valence-electron chi connectivity index (χ0n) is 13.2. The first-order chi connectivity index (χ1) is 11.3. The standard InChI is InChI=1S/C17H23N3O2S/c18-10-14(12-5-2-1-3-6-12)20-16(21)9-13-11-22-17(19-13)15-7-4-8-23-15/h4,7-8,11-12,14H,1-3,5-6,9-10,18H2,(H,20,21). The molecule has 1 amide bonds. The second kappa shape index (κ2) is 7.75. The van der Waals surface area contributed by atoms with E-state index in [-0.39, 0.29) is 18.4 Å². The smallest absolute Gasteiger partial charge is 0.236 e. The van der Waals surface area contributed by atoms with E-state index in [9.17, 15) is 4.79 Å². The van der Waals surface area contributed by atoms with Crippen molar-refractivity contribution < 1.29 is 9.21 Å². The Morgan fingerprint density at radius 1 is 1.43 bits per heavy atom. The lowest BCUT2D eigenvalue weighted by Crippen LogP contribution is -2.46. The summed E-state index contributed by atoms with van der Waals surface area (Å²) in [4.78, 5) is 17.6. The number of thiophene rings is 1. The van der Waals surface area contributed by atoms with Crippen molar-refractivity contribution in [3.63, 3.8) is 0 Å². The second-order valence-corrected chi connectivity index (χ2v) is 7.05. The number of amides is 1. The van der Waals surface area contributed by atoms with Crippen LogP contribution in [0, 0.1) is 5.92 Å². The Kier molecular flexibility index (Phi) is 5.46. The molecule has 1 atom stereocenters. The van der Waals surface area contributed by atoms with Gasteiger partial charge in [0.15, 0.2) is 0 Å². The number of carbonyl (C=O) groups excluding carboxylic acids is 1. The first-order valence-electron chi connectivity index (χ1n) is 8.24. The van der Waals surface area contributed by atoms with Gasteiger partial charge < -0.3 is 15.5 Å². The molecule has 2 aromatic rings. The topological polar surface area (TPSA) is 81.1 Å². The maximum atomic E-state index is 12.3. The Bertz CT molecular complexity index is 618. The van der Waals surface area contributed by atoms with Gasteiger partial charge in [-0.25, -0.2) is 4.98 Å². The molecule has 0 aliphatic heterocycles. The average Bonchev–Trinajstić information content (AvgIpc) is 3.24. The largest absolute Gasteiger partial charge is 0.444 e. The molecular formula is C17H23N3O2S. The number of hydrogen-bond donors (Lipinski definition) is 2. The molecule has 0 spiro atoms. The van der Waals surface area contributed by atoms with Crippen LogP contribution in [0.1, 0.15) is 37.8 Å². The fourth-order valence-corrected chi connectivity index (χ4v) is 3.89. The van der Waals surface area contributed by atoms with Crippen LogP contribution in [0.3, 0.4) is 0 Å². The van der Waals surface area contributed by atoms with Crippen molar-refractivity contribution in [1.82, 2.24) is 10.3 Å². The minimum atomic E-state index is -0.0305. The number of carbonyl (C=O) groups is 1. The van der Waals surface area contributed by atoms with Gasteiger partial charge in [-0.1, -0.05) is 25.3 Å². The number of oxazole rings is 1. The zero-order valence-corrected chi connectivity index (χ0v) is 14.0. The van der Waals surface area contributed by atoms with Crippen LogP contribution in [0.5, 0.6) is 0 Å². The van der Waals surface area contributed by atoms with Gasteiger partial charge in [-0.15, -0.1) is 11.3 Å². The zero-order chi connectivity index (χ0) is 16.1. The number of nitrogens with two attached hydrogens (primary N) is 1. The monoisotopic (exact) mass is 333 g/mol. The molecule has 3 rings (SSSR count). The van der Waals surface area contributed by atoms with Gasteiger partial charge in [-0.3, -0.25) is 4.79 Å². The lowest BCUT2D eigenvalue weighted by Gasteiger charge is -2.30. The van der Waals surface area contributed by atoms with Crippen molar-refractivity contribution in [2.75, 3.05) is 6.54 Å². The molecular weight excluding hydrogens is 310 g/mol. The van der Waals surface area contributed by atoms with Crippen LogP contribution in [-0.4, -0.2) is 23.5 Å². The Morgan fingerprint density at radius 3 is 2.96 bits per heavy atom. The summed E-state index contributed by atoms with van der Waals surface area (Å²) in [5, 5.41) is 5.06. The van der Waals surface area contributed by atoms with Gasteiger partial charge in [0.2, 0.25) is 11.8 Å². The van der Waals surface area contributed by atoms with E-state index in [4.69, 9.17) is 10.2 Å². The third-order valence-electron chi connectivity index (χ3n) is 4.44. The first kappa shape index (κ1) is 16.2. The van der Waals surface area contributed by atoms with Gasteiger partial charge in [0, 0.05) is 12.6 Å². The molecule has 0 bridgehead atoms. The van der Waals surface area contributed by atoms with Gasteiger partial charge in [0.1, 0.15) is 6.26 Å². The van der Waals surface area contributed by atoms with Crippen molar-refractivity contribution in [3.8, 4) is 10.8 Å². The van der Waals surface area contributed by atoms with Gasteiger partial charge >= 0.3 is 0 Å². The molecule has 6 heteroatoms. The van der Waals surface area contributed by atoms with E-state index in [1.807, 2.05) is 17.5 Å². The van der Waals surface area contributed by atoms with E-state index in [0.29, 0.717) is 24.0 Å². The summed E-state index contributed by atoms with van der Waals surface area (Å²) in [6, 6.07) is 3.98. The molecule has 2 aromatic heterocycles. The molecule has 1 fully saturated rings. The molecule has 3 N–H and O–H groups in total. The summed E-state index contributed by atoms with van der Waals surface area (Å²) in [6.07, 6.45) is 7.90. The van der Waals surface area contributed by atoms with Crippen molar-refractivity contribution in [2.24, 2.45) is 11.7 Å². The molecule has 0 radical (unpaired) electrons. The molecule has 1 unspecified atom stereocenters. The number of nitrogens with zero attached hydrogens (tertiary/aromatic N) is 1. The van der Waals surface area contributed by atoms with Gasteiger partial charge in [0.05, 0.1) is 17.0 Å².